The monoisotopic (exact) mass is 303 g/mol. The van der Waals surface area contributed by atoms with Crippen LogP contribution < -0.4 is 5.32 Å². The van der Waals surface area contributed by atoms with E-state index in [1.54, 1.807) is 18.2 Å². The molecule has 0 aliphatic rings. The van der Waals surface area contributed by atoms with Crippen molar-refractivity contribution in [2.24, 2.45) is 0 Å². The second-order valence-corrected chi connectivity index (χ2v) is 5.99. The first-order valence-electron chi connectivity index (χ1n) is 6.60. The number of thiophene rings is 1. The van der Waals surface area contributed by atoms with Crippen LogP contribution in [-0.4, -0.2) is 5.91 Å². The topological polar surface area (TPSA) is 42.2 Å². The summed E-state index contributed by atoms with van der Waals surface area (Å²) >= 11 is 1.28. The zero-order valence-electron chi connectivity index (χ0n) is 11.6. The highest BCUT2D eigenvalue weighted by atomic mass is 32.1. The predicted molar refractivity (Wildman–Crippen MR) is 81.1 cm³/mol. The minimum atomic E-state index is -0.308. The quantitative estimate of drug-likeness (QED) is 0.777. The highest BCUT2D eigenvalue weighted by Gasteiger charge is 2.17. The van der Waals surface area contributed by atoms with Crippen LogP contribution in [0, 0.1) is 12.7 Å². The van der Waals surface area contributed by atoms with Gasteiger partial charge >= 0.3 is 0 Å². The van der Waals surface area contributed by atoms with Crippen LogP contribution >= 0.6 is 11.3 Å². The summed E-state index contributed by atoms with van der Waals surface area (Å²) < 4.78 is 19.9. The fourth-order valence-corrected chi connectivity index (χ4v) is 3.14. The number of nitrogens with one attached hydrogen (secondary N) is 1. The summed E-state index contributed by atoms with van der Waals surface area (Å²) in [6.45, 7) is 3.71. The number of amides is 1. The second kappa shape index (κ2) is 5.33. The summed E-state index contributed by atoms with van der Waals surface area (Å²) in [4.78, 5) is 12.7. The number of aryl methyl sites for hydroxylation is 1. The third-order valence-corrected chi connectivity index (χ3v) is 4.37. The Morgan fingerprint density at radius 1 is 1.33 bits per heavy atom. The highest BCUT2D eigenvalue weighted by Crippen LogP contribution is 2.28. The summed E-state index contributed by atoms with van der Waals surface area (Å²) in [5.74, 6) is 0.970. The molecule has 0 radical (unpaired) electrons. The van der Waals surface area contributed by atoms with Gasteiger partial charge in [0, 0.05) is 10.1 Å². The molecule has 1 amide bonds. The van der Waals surface area contributed by atoms with Crippen molar-refractivity contribution < 1.29 is 13.6 Å². The Labute approximate surface area is 125 Å². The van der Waals surface area contributed by atoms with Crippen molar-refractivity contribution in [3.63, 3.8) is 0 Å². The molecule has 0 spiro atoms. The minimum Gasteiger partial charge on any atom is -0.464 e. The first-order valence-corrected chi connectivity index (χ1v) is 7.41. The summed E-state index contributed by atoms with van der Waals surface area (Å²) in [5, 5.41) is 3.34. The van der Waals surface area contributed by atoms with Crippen molar-refractivity contribution in [3.8, 4) is 0 Å². The van der Waals surface area contributed by atoms with Gasteiger partial charge in [0.15, 0.2) is 0 Å². The molecule has 0 aliphatic carbocycles. The summed E-state index contributed by atoms with van der Waals surface area (Å²) in [6.07, 6.45) is 0. The molecule has 0 aliphatic heterocycles. The Kier molecular flexibility index (Phi) is 3.51. The number of rotatable bonds is 3. The SMILES string of the molecule is Cc1ccc(C(C)NC(=O)c2cc3c(F)cccc3s2)o1. The Balaban J connectivity index is 1.82. The Morgan fingerprint density at radius 2 is 2.14 bits per heavy atom. The van der Waals surface area contributed by atoms with Crippen LogP contribution in [-0.2, 0) is 0 Å². The van der Waals surface area contributed by atoms with Crippen LogP contribution in [0.3, 0.4) is 0 Å². The fraction of sp³-hybridized carbons (Fsp3) is 0.188. The molecule has 1 atom stereocenters. The number of halogens is 1. The van der Waals surface area contributed by atoms with Crippen molar-refractivity contribution in [2.75, 3.05) is 0 Å². The number of carbonyl (C=O) groups excluding carboxylic acids is 1. The number of carbonyl (C=O) groups is 1. The van der Waals surface area contributed by atoms with Crippen molar-refractivity contribution >= 4 is 27.3 Å². The van der Waals surface area contributed by atoms with Gasteiger partial charge in [-0.3, -0.25) is 4.79 Å². The highest BCUT2D eigenvalue weighted by molar-refractivity contribution is 7.20. The van der Waals surface area contributed by atoms with Crippen LogP contribution in [0.25, 0.3) is 10.1 Å². The van der Waals surface area contributed by atoms with Crippen molar-refractivity contribution in [2.45, 2.75) is 19.9 Å². The molecule has 1 unspecified atom stereocenters. The predicted octanol–water partition coefficient (Wildman–Crippen LogP) is 4.43. The summed E-state index contributed by atoms with van der Waals surface area (Å²) in [6, 6.07) is 9.89. The van der Waals surface area contributed by atoms with Gasteiger partial charge in [0.05, 0.1) is 10.9 Å². The van der Waals surface area contributed by atoms with E-state index in [0.29, 0.717) is 16.0 Å². The maximum absolute atomic E-state index is 13.7. The standard InChI is InChI=1S/C16H14FNO2S/c1-9-6-7-13(20-9)10(2)18-16(19)15-8-11-12(17)4-3-5-14(11)21-15/h3-8,10H,1-2H3,(H,18,19). The van der Waals surface area contributed by atoms with Crippen LogP contribution in [0.15, 0.2) is 40.8 Å². The van der Waals surface area contributed by atoms with Crippen LogP contribution in [0.2, 0.25) is 0 Å². The van der Waals surface area contributed by atoms with Gasteiger partial charge in [-0.05, 0) is 44.2 Å². The Hall–Kier alpha value is -2.14. The van der Waals surface area contributed by atoms with Gasteiger partial charge < -0.3 is 9.73 Å². The van der Waals surface area contributed by atoms with Crippen LogP contribution in [0.1, 0.15) is 34.2 Å². The number of benzene rings is 1. The van der Waals surface area contributed by atoms with E-state index in [1.807, 2.05) is 26.0 Å². The van der Waals surface area contributed by atoms with Gasteiger partial charge in [-0.1, -0.05) is 6.07 Å². The van der Waals surface area contributed by atoms with E-state index in [9.17, 15) is 9.18 Å². The molecule has 1 N–H and O–H groups in total. The van der Waals surface area contributed by atoms with Gasteiger partial charge in [-0.2, -0.15) is 0 Å². The molecule has 0 bridgehead atoms. The lowest BCUT2D eigenvalue weighted by Crippen LogP contribution is -2.25. The molecular weight excluding hydrogens is 289 g/mol. The molecule has 1 aromatic carbocycles. The molecular formula is C16H14FNO2S. The zero-order valence-corrected chi connectivity index (χ0v) is 12.5. The summed E-state index contributed by atoms with van der Waals surface area (Å²) in [7, 11) is 0. The second-order valence-electron chi connectivity index (χ2n) is 4.91. The zero-order chi connectivity index (χ0) is 15.0. The average molecular weight is 303 g/mol. The Bertz CT molecular complexity index is 806. The number of hydrogen-bond donors (Lipinski definition) is 1. The van der Waals surface area contributed by atoms with Gasteiger partial charge in [0.1, 0.15) is 17.3 Å². The van der Waals surface area contributed by atoms with Crippen molar-refractivity contribution in [1.82, 2.24) is 5.32 Å². The van der Waals surface area contributed by atoms with E-state index >= 15 is 0 Å². The first-order chi connectivity index (χ1) is 10.0. The molecule has 5 heteroatoms. The average Bonchev–Trinajstić information content (AvgIpc) is 3.05. The third-order valence-electron chi connectivity index (χ3n) is 3.27. The maximum atomic E-state index is 13.7. The molecule has 108 valence electrons. The van der Waals surface area contributed by atoms with E-state index in [0.717, 1.165) is 10.5 Å². The Morgan fingerprint density at radius 3 is 2.81 bits per heavy atom. The lowest BCUT2D eigenvalue weighted by Gasteiger charge is -2.10. The van der Waals surface area contributed by atoms with E-state index in [4.69, 9.17) is 4.42 Å². The third kappa shape index (κ3) is 2.69. The van der Waals surface area contributed by atoms with E-state index in [-0.39, 0.29) is 17.8 Å². The molecule has 0 saturated heterocycles. The normalized spacial score (nSPS) is 12.5. The summed E-state index contributed by atoms with van der Waals surface area (Å²) in [5.41, 5.74) is 0. The van der Waals surface area contributed by atoms with Crippen LogP contribution in [0.4, 0.5) is 4.39 Å². The molecule has 3 rings (SSSR count). The van der Waals surface area contributed by atoms with Crippen molar-refractivity contribution in [3.05, 3.63) is 58.6 Å². The largest absolute Gasteiger partial charge is 0.464 e. The van der Waals surface area contributed by atoms with Gasteiger partial charge in [0.25, 0.3) is 5.91 Å². The van der Waals surface area contributed by atoms with Gasteiger partial charge in [-0.25, -0.2) is 4.39 Å². The fourth-order valence-electron chi connectivity index (χ4n) is 2.16. The lowest BCUT2D eigenvalue weighted by molar-refractivity contribution is 0.0939. The lowest BCUT2D eigenvalue weighted by atomic mass is 10.2. The van der Waals surface area contributed by atoms with E-state index < -0.39 is 0 Å². The molecule has 3 aromatic rings. The maximum Gasteiger partial charge on any atom is 0.261 e. The van der Waals surface area contributed by atoms with Gasteiger partial charge in [0.2, 0.25) is 0 Å². The molecule has 3 nitrogen and oxygen atoms in total. The van der Waals surface area contributed by atoms with E-state index in [1.165, 1.54) is 17.4 Å². The van der Waals surface area contributed by atoms with Crippen molar-refractivity contribution in [1.29, 1.82) is 0 Å². The number of fused-ring (bicyclic) bond motifs is 1. The molecule has 2 aromatic heterocycles. The molecule has 0 fully saturated rings. The molecule has 0 saturated carbocycles. The number of furan rings is 1. The van der Waals surface area contributed by atoms with E-state index in [2.05, 4.69) is 5.32 Å². The molecule has 21 heavy (non-hydrogen) atoms. The minimum absolute atomic E-state index is 0.225. The first kappa shape index (κ1) is 13.8. The molecule has 2 heterocycles. The van der Waals surface area contributed by atoms with Crippen LogP contribution in [0.5, 0.6) is 0 Å². The number of hydrogen-bond acceptors (Lipinski definition) is 3. The van der Waals surface area contributed by atoms with Gasteiger partial charge in [-0.15, -0.1) is 11.3 Å². The smallest absolute Gasteiger partial charge is 0.261 e.